The quantitative estimate of drug-likeness (QED) is 0.777. The zero-order valence-electron chi connectivity index (χ0n) is 11.0. The number of hydrogen-bond acceptors (Lipinski definition) is 3. The van der Waals surface area contributed by atoms with E-state index in [-0.39, 0.29) is 18.0 Å². The Morgan fingerprint density at radius 3 is 2.20 bits per heavy atom. The fourth-order valence-corrected chi connectivity index (χ4v) is 3.99. The molecule has 110 valence electrons. The van der Waals surface area contributed by atoms with E-state index in [1.807, 2.05) is 0 Å². The maximum atomic E-state index is 12.5. The molecule has 0 aliphatic carbocycles. The smallest absolute Gasteiger partial charge is 0.309 e. The number of rotatable bonds is 3. The third-order valence-corrected chi connectivity index (χ3v) is 6.43. The molecule has 1 heterocycles. The standard InChI is InChI=1S/C13H16INO4S/c1-13(12(16)17)6-8-15(9-7-13)20(18,19)11-4-2-10(14)3-5-11/h2-5H,6-9H2,1H3,(H,16,17). The number of carboxylic acid groups (broad SMARTS) is 1. The number of nitrogens with zero attached hydrogens (tertiary/aromatic N) is 1. The van der Waals surface area contributed by atoms with E-state index in [0.29, 0.717) is 12.8 Å². The van der Waals surface area contributed by atoms with Crippen LogP contribution >= 0.6 is 22.6 Å². The molecule has 0 aromatic heterocycles. The van der Waals surface area contributed by atoms with Crippen LogP contribution in [-0.4, -0.2) is 36.9 Å². The van der Waals surface area contributed by atoms with Crippen LogP contribution in [0.5, 0.6) is 0 Å². The molecule has 0 radical (unpaired) electrons. The van der Waals surface area contributed by atoms with E-state index in [0.717, 1.165) is 3.57 Å². The molecule has 5 nitrogen and oxygen atoms in total. The summed E-state index contributed by atoms with van der Waals surface area (Å²) in [6.45, 7) is 2.17. The first kappa shape index (κ1) is 15.7. The molecule has 1 aliphatic heterocycles. The Bertz CT molecular complexity index is 604. The SMILES string of the molecule is CC1(C(=O)O)CCN(S(=O)(=O)c2ccc(I)cc2)CC1. The first-order valence-corrected chi connectivity index (χ1v) is 8.77. The first-order chi connectivity index (χ1) is 9.25. The zero-order valence-corrected chi connectivity index (χ0v) is 14.0. The van der Waals surface area contributed by atoms with Gasteiger partial charge in [0.25, 0.3) is 0 Å². The Hall–Kier alpha value is -0.670. The molecule has 2 rings (SSSR count). The van der Waals surface area contributed by atoms with Gasteiger partial charge >= 0.3 is 5.97 Å². The summed E-state index contributed by atoms with van der Waals surface area (Å²) in [6.07, 6.45) is 0.678. The molecule has 7 heteroatoms. The lowest BCUT2D eigenvalue weighted by Gasteiger charge is -2.35. The van der Waals surface area contributed by atoms with Crippen molar-refractivity contribution in [2.45, 2.75) is 24.7 Å². The van der Waals surface area contributed by atoms with Crippen molar-refractivity contribution in [1.82, 2.24) is 4.31 Å². The minimum Gasteiger partial charge on any atom is -0.481 e. The molecule has 1 saturated heterocycles. The normalized spacial score (nSPS) is 19.7. The zero-order chi connectivity index (χ0) is 15.0. The van der Waals surface area contributed by atoms with Gasteiger partial charge in [-0.1, -0.05) is 0 Å². The predicted molar refractivity (Wildman–Crippen MR) is 82.9 cm³/mol. The summed E-state index contributed by atoms with van der Waals surface area (Å²) in [5.41, 5.74) is -0.821. The van der Waals surface area contributed by atoms with Crippen molar-refractivity contribution >= 4 is 38.6 Å². The molecule has 1 aromatic carbocycles. The minimum absolute atomic E-state index is 0.247. The maximum Gasteiger partial charge on any atom is 0.309 e. The van der Waals surface area contributed by atoms with E-state index in [9.17, 15) is 13.2 Å². The molecule has 0 bridgehead atoms. The monoisotopic (exact) mass is 409 g/mol. The highest BCUT2D eigenvalue weighted by atomic mass is 127. The van der Waals surface area contributed by atoms with Crippen LogP contribution in [0.4, 0.5) is 0 Å². The highest BCUT2D eigenvalue weighted by molar-refractivity contribution is 14.1. The predicted octanol–water partition coefficient (Wildman–Crippen LogP) is 2.17. The van der Waals surface area contributed by atoms with E-state index in [1.54, 1.807) is 31.2 Å². The van der Waals surface area contributed by atoms with E-state index in [2.05, 4.69) is 22.6 Å². The summed E-state index contributed by atoms with van der Waals surface area (Å²) in [4.78, 5) is 11.4. The molecular formula is C13H16INO4S. The average Bonchev–Trinajstić information content (AvgIpc) is 2.39. The number of aliphatic carboxylic acids is 1. The number of carbonyl (C=O) groups is 1. The Morgan fingerprint density at radius 2 is 1.75 bits per heavy atom. The van der Waals surface area contributed by atoms with Crippen molar-refractivity contribution in [1.29, 1.82) is 0 Å². The van der Waals surface area contributed by atoms with Gasteiger partial charge in [0, 0.05) is 16.7 Å². The molecule has 0 atom stereocenters. The van der Waals surface area contributed by atoms with Crippen LogP contribution in [0.1, 0.15) is 19.8 Å². The lowest BCUT2D eigenvalue weighted by atomic mass is 9.81. The third-order valence-electron chi connectivity index (χ3n) is 3.79. The fraction of sp³-hybridized carbons (Fsp3) is 0.462. The van der Waals surface area contributed by atoms with Crippen LogP contribution < -0.4 is 0 Å². The van der Waals surface area contributed by atoms with Crippen LogP contribution in [0, 0.1) is 8.99 Å². The van der Waals surface area contributed by atoms with Gasteiger partial charge in [0.1, 0.15) is 0 Å². The molecule has 1 aliphatic rings. The Labute approximate surface area is 132 Å². The summed E-state index contributed by atoms with van der Waals surface area (Å²) >= 11 is 2.12. The Morgan fingerprint density at radius 1 is 1.25 bits per heavy atom. The van der Waals surface area contributed by atoms with Crippen LogP contribution in [0.15, 0.2) is 29.2 Å². The van der Waals surface area contributed by atoms with Gasteiger partial charge < -0.3 is 5.11 Å². The summed E-state index contributed by atoms with van der Waals surface area (Å²) < 4.78 is 27.3. The van der Waals surface area contributed by atoms with E-state index in [1.165, 1.54) is 4.31 Å². The van der Waals surface area contributed by atoms with Crippen LogP contribution in [-0.2, 0) is 14.8 Å². The van der Waals surface area contributed by atoms with Crippen LogP contribution in [0.25, 0.3) is 0 Å². The lowest BCUT2D eigenvalue weighted by Crippen LogP contribution is -2.45. The minimum atomic E-state index is -3.52. The number of piperidine rings is 1. The third kappa shape index (κ3) is 2.99. The van der Waals surface area contributed by atoms with Crippen LogP contribution in [0.2, 0.25) is 0 Å². The largest absolute Gasteiger partial charge is 0.481 e. The second kappa shape index (κ2) is 5.61. The molecule has 0 amide bonds. The maximum absolute atomic E-state index is 12.5. The van der Waals surface area contributed by atoms with Crippen molar-refractivity contribution in [3.05, 3.63) is 27.8 Å². The molecule has 20 heavy (non-hydrogen) atoms. The van der Waals surface area contributed by atoms with E-state index < -0.39 is 21.4 Å². The topological polar surface area (TPSA) is 74.7 Å². The van der Waals surface area contributed by atoms with E-state index in [4.69, 9.17) is 5.11 Å². The van der Waals surface area contributed by atoms with Crippen LogP contribution in [0.3, 0.4) is 0 Å². The number of halogens is 1. The van der Waals surface area contributed by atoms with Gasteiger partial charge in [-0.2, -0.15) is 4.31 Å². The molecule has 1 aromatic rings. The van der Waals surface area contributed by atoms with Gasteiger partial charge in [0.2, 0.25) is 10.0 Å². The highest BCUT2D eigenvalue weighted by Gasteiger charge is 2.40. The second-order valence-corrected chi connectivity index (χ2v) is 8.41. The number of sulfonamides is 1. The van der Waals surface area contributed by atoms with Gasteiger partial charge in [-0.05, 0) is 66.6 Å². The fourth-order valence-electron chi connectivity index (χ4n) is 2.19. The average molecular weight is 409 g/mol. The van der Waals surface area contributed by atoms with Gasteiger partial charge in [-0.15, -0.1) is 0 Å². The van der Waals surface area contributed by atoms with E-state index >= 15 is 0 Å². The second-order valence-electron chi connectivity index (χ2n) is 5.22. The Kier molecular flexibility index (Phi) is 4.41. The summed E-state index contributed by atoms with van der Waals surface area (Å²) in [6, 6.07) is 6.67. The molecular weight excluding hydrogens is 393 g/mol. The van der Waals surface area contributed by atoms with Gasteiger partial charge in [-0.3, -0.25) is 4.79 Å². The molecule has 1 fully saturated rings. The molecule has 1 N–H and O–H groups in total. The van der Waals surface area contributed by atoms with Crippen molar-refractivity contribution in [2.75, 3.05) is 13.1 Å². The lowest BCUT2D eigenvalue weighted by molar-refractivity contribution is -0.150. The number of benzene rings is 1. The first-order valence-electron chi connectivity index (χ1n) is 6.25. The van der Waals surface area contributed by atoms with Crippen molar-refractivity contribution in [3.63, 3.8) is 0 Å². The number of carboxylic acids is 1. The van der Waals surface area contributed by atoms with Crippen molar-refractivity contribution in [2.24, 2.45) is 5.41 Å². The Balaban J connectivity index is 2.17. The molecule has 0 unspecified atom stereocenters. The summed E-state index contributed by atoms with van der Waals surface area (Å²) in [7, 11) is -3.52. The summed E-state index contributed by atoms with van der Waals surface area (Å²) in [5.74, 6) is -0.858. The summed E-state index contributed by atoms with van der Waals surface area (Å²) in [5, 5.41) is 9.17. The van der Waals surface area contributed by atoms with Crippen molar-refractivity contribution in [3.8, 4) is 0 Å². The molecule has 0 saturated carbocycles. The van der Waals surface area contributed by atoms with Gasteiger partial charge in [0.05, 0.1) is 10.3 Å². The molecule has 0 spiro atoms. The highest BCUT2D eigenvalue weighted by Crippen LogP contribution is 2.33. The number of hydrogen-bond donors (Lipinski definition) is 1. The van der Waals surface area contributed by atoms with Gasteiger partial charge in [0.15, 0.2) is 0 Å². The van der Waals surface area contributed by atoms with Gasteiger partial charge in [-0.25, -0.2) is 8.42 Å². The van der Waals surface area contributed by atoms with Crippen molar-refractivity contribution < 1.29 is 18.3 Å².